The zero-order valence-corrected chi connectivity index (χ0v) is 22.0. The second-order valence-corrected chi connectivity index (χ2v) is 12.0. The SMILES string of the molecule is Cc1nc(C(F)(F)F)cc(-c2ccnc3cc(CN4C(=O)C5C(C4=O)C5(C)C)sc23)c1CC1CNCCO1. The summed E-state index contributed by atoms with van der Waals surface area (Å²) in [5, 5.41) is 3.26. The molecule has 5 heterocycles. The number of nitrogens with zero attached hydrogens (tertiary/aromatic N) is 3. The fourth-order valence-corrected chi connectivity index (χ4v) is 7.04. The number of aryl methyl sites for hydroxylation is 1. The number of piperidine rings is 1. The summed E-state index contributed by atoms with van der Waals surface area (Å²) in [4.78, 5) is 36.1. The van der Waals surface area contributed by atoms with E-state index in [4.69, 9.17) is 4.74 Å². The van der Waals surface area contributed by atoms with E-state index in [9.17, 15) is 22.8 Å². The molecule has 3 aromatic heterocycles. The number of thiophene rings is 1. The highest BCUT2D eigenvalue weighted by molar-refractivity contribution is 7.19. The highest BCUT2D eigenvalue weighted by atomic mass is 32.1. The van der Waals surface area contributed by atoms with Crippen LogP contribution >= 0.6 is 11.3 Å². The lowest BCUT2D eigenvalue weighted by atomic mass is 9.94. The van der Waals surface area contributed by atoms with Gasteiger partial charge in [0, 0.05) is 41.8 Å². The molecule has 3 aromatic rings. The lowest BCUT2D eigenvalue weighted by molar-refractivity contribution is -0.144. The van der Waals surface area contributed by atoms with Crippen molar-refractivity contribution in [2.45, 2.75) is 46.0 Å². The third kappa shape index (κ3) is 4.11. The number of halogens is 3. The number of ether oxygens (including phenoxy) is 1. The monoisotopic (exact) mass is 544 g/mol. The van der Waals surface area contributed by atoms with Crippen LogP contribution in [-0.2, 0) is 33.5 Å². The molecule has 3 atom stereocenters. The summed E-state index contributed by atoms with van der Waals surface area (Å²) in [6, 6.07) is 4.63. The van der Waals surface area contributed by atoms with Crippen molar-refractivity contribution in [3.63, 3.8) is 0 Å². The summed E-state index contributed by atoms with van der Waals surface area (Å²) >= 11 is 1.35. The molecule has 3 fully saturated rings. The van der Waals surface area contributed by atoms with Crippen LogP contribution in [0, 0.1) is 24.2 Å². The Kier molecular flexibility index (Phi) is 5.89. The van der Waals surface area contributed by atoms with Gasteiger partial charge >= 0.3 is 6.18 Å². The largest absolute Gasteiger partial charge is 0.433 e. The van der Waals surface area contributed by atoms with E-state index in [1.165, 1.54) is 16.2 Å². The van der Waals surface area contributed by atoms with Crippen LogP contribution in [0.5, 0.6) is 0 Å². The Morgan fingerprint density at radius 3 is 2.58 bits per heavy atom. The lowest BCUT2D eigenvalue weighted by Crippen LogP contribution is -2.39. The molecule has 38 heavy (non-hydrogen) atoms. The summed E-state index contributed by atoms with van der Waals surface area (Å²) in [7, 11) is 0. The van der Waals surface area contributed by atoms with Crippen molar-refractivity contribution in [3.05, 3.63) is 46.2 Å². The number of fused-ring (bicyclic) bond motifs is 2. The average molecular weight is 545 g/mol. The van der Waals surface area contributed by atoms with E-state index < -0.39 is 11.9 Å². The highest BCUT2D eigenvalue weighted by Gasteiger charge is 2.72. The standard InChI is InChI=1S/C27H27F3N4O3S/c1-13-17(8-14-11-31-6-7-37-14)18(10-20(33-13)27(28,29)30)16-4-5-32-19-9-15(38-23(16)19)12-34-24(35)21-22(25(34)36)26(21,2)3/h4-5,9-10,14,21-22,31H,6-8,11-12H2,1-3H3. The third-order valence-electron chi connectivity index (χ3n) is 8.02. The number of hydrogen-bond donors (Lipinski definition) is 1. The van der Waals surface area contributed by atoms with Gasteiger partial charge in [0.25, 0.3) is 0 Å². The molecule has 0 aromatic carbocycles. The number of pyridine rings is 2. The normalized spacial score (nSPS) is 24.8. The maximum atomic E-state index is 13.8. The maximum Gasteiger partial charge on any atom is 0.433 e. The smallest absolute Gasteiger partial charge is 0.375 e. The Balaban J connectivity index is 1.39. The molecule has 6 rings (SSSR count). The van der Waals surface area contributed by atoms with E-state index in [2.05, 4.69) is 15.3 Å². The topological polar surface area (TPSA) is 84.4 Å². The van der Waals surface area contributed by atoms with Gasteiger partial charge < -0.3 is 10.1 Å². The molecule has 1 N–H and O–H groups in total. The lowest BCUT2D eigenvalue weighted by Gasteiger charge is -2.25. The fraction of sp³-hybridized carbons (Fsp3) is 0.481. The number of rotatable bonds is 5. The minimum Gasteiger partial charge on any atom is -0.375 e. The zero-order valence-electron chi connectivity index (χ0n) is 21.2. The molecule has 3 aliphatic rings. The first-order valence-electron chi connectivity index (χ1n) is 12.6. The van der Waals surface area contributed by atoms with Crippen molar-refractivity contribution in [2.75, 3.05) is 19.7 Å². The quantitative estimate of drug-likeness (QED) is 0.481. The van der Waals surface area contributed by atoms with Crippen molar-refractivity contribution in [3.8, 4) is 11.1 Å². The Hall–Kier alpha value is -2.89. The van der Waals surface area contributed by atoms with Crippen LogP contribution in [-0.4, -0.2) is 52.5 Å². The number of carbonyl (C=O) groups is 2. The molecular formula is C27H27F3N4O3S. The van der Waals surface area contributed by atoms with Crippen LogP contribution < -0.4 is 5.32 Å². The summed E-state index contributed by atoms with van der Waals surface area (Å²) in [5.74, 6) is -0.840. The van der Waals surface area contributed by atoms with Crippen LogP contribution in [0.25, 0.3) is 21.3 Å². The molecular weight excluding hydrogens is 517 g/mol. The number of aromatic nitrogens is 2. The van der Waals surface area contributed by atoms with Gasteiger partial charge in [0.05, 0.1) is 41.3 Å². The minimum absolute atomic E-state index is 0.138. The zero-order chi connectivity index (χ0) is 27.0. The van der Waals surface area contributed by atoms with Gasteiger partial charge in [0.1, 0.15) is 5.69 Å². The van der Waals surface area contributed by atoms with Crippen LogP contribution in [0.2, 0.25) is 0 Å². The Morgan fingerprint density at radius 1 is 1.18 bits per heavy atom. The van der Waals surface area contributed by atoms with Gasteiger partial charge in [-0.2, -0.15) is 13.2 Å². The van der Waals surface area contributed by atoms with Crippen LogP contribution in [0.1, 0.15) is 35.7 Å². The van der Waals surface area contributed by atoms with E-state index >= 15 is 0 Å². The molecule has 1 saturated carbocycles. The number of amides is 2. The van der Waals surface area contributed by atoms with Gasteiger partial charge in [-0.05, 0) is 41.7 Å². The molecule has 2 amide bonds. The second-order valence-electron chi connectivity index (χ2n) is 10.8. The first-order valence-corrected chi connectivity index (χ1v) is 13.4. The Bertz CT molecular complexity index is 1440. The summed E-state index contributed by atoms with van der Waals surface area (Å²) in [5.41, 5.74) is 1.43. The van der Waals surface area contributed by atoms with Crippen molar-refractivity contribution in [2.24, 2.45) is 17.3 Å². The van der Waals surface area contributed by atoms with E-state index in [-0.39, 0.29) is 41.7 Å². The van der Waals surface area contributed by atoms with Crippen molar-refractivity contribution in [1.29, 1.82) is 0 Å². The Labute approximate surface area is 221 Å². The van der Waals surface area contributed by atoms with Crippen LogP contribution in [0.4, 0.5) is 13.2 Å². The first-order chi connectivity index (χ1) is 18.0. The van der Waals surface area contributed by atoms with E-state index in [0.29, 0.717) is 52.2 Å². The molecule has 11 heteroatoms. The predicted octanol–water partition coefficient (Wildman–Crippen LogP) is 4.36. The van der Waals surface area contributed by atoms with E-state index in [1.807, 2.05) is 19.9 Å². The van der Waals surface area contributed by atoms with Gasteiger partial charge in [0.2, 0.25) is 11.8 Å². The second kappa shape index (κ2) is 8.82. The summed E-state index contributed by atoms with van der Waals surface area (Å²) in [6.07, 6.45) is -2.79. The van der Waals surface area contributed by atoms with Gasteiger partial charge in [-0.15, -0.1) is 11.3 Å². The van der Waals surface area contributed by atoms with Crippen molar-refractivity contribution < 1.29 is 27.5 Å². The van der Waals surface area contributed by atoms with Gasteiger partial charge in [0.15, 0.2) is 0 Å². The van der Waals surface area contributed by atoms with Gasteiger partial charge in [-0.25, -0.2) is 4.98 Å². The molecule has 2 aliphatic heterocycles. The van der Waals surface area contributed by atoms with Crippen LogP contribution in [0.15, 0.2) is 24.4 Å². The predicted molar refractivity (Wildman–Crippen MR) is 135 cm³/mol. The van der Waals surface area contributed by atoms with Crippen molar-refractivity contribution >= 4 is 33.4 Å². The summed E-state index contributed by atoms with van der Waals surface area (Å²) in [6.45, 7) is 7.47. The molecule has 0 spiro atoms. The van der Waals surface area contributed by atoms with Crippen LogP contribution in [0.3, 0.4) is 0 Å². The molecule has 3 unspecified atom stereocenters. The highest BCUT2D eigenvalue weighted by Crippen LogP contribution is 2.63. The number of hydrogen-bond acceptors (Lipinski definition) is 7. The number of alkyl halides is 3. The third-order valence-corrected chi connectivity index (χ3v) is 9.16. The van der Waals surface area contributed by atoms with E-state index in [1.54, 1.807) is 19.2 Å². The number of carbonyl (C=O) groups excluding carboxylic acids is 2. The molecule has 7 nitrogen and oxygen atoms in total. The van der Waals surface area contributed by atoms with Gasteiger partial charge in [-0.3, -0.25) is 19.5 Å². The first kappa shape index (κ1) is 25.4. The fourth-order valence-electron chi connectivity index (χ4n) is 5.91. The number of likely N-dealkylation sites (tertiary alicyclic amines) is 1. The Morgan fingerprint density at radius 2 is 1.92 bits per heavy atom. The molecule has 200 valence electrons. The maximum absolute atomic E-state index is 13.8. The number of imide groups is 1. The molecule has 0 bridgehead atoms. The number of morpholine rings is 1. The molecule has 2 saturated heterocycles. The minimum atomic E-state index is -4.60. The van der Waals surface area contributed by atoms with Gasteiger partial charge in [-0.1, -0.05) is 13.8 Å². The average Bonchev–Trinajstić information content (AvgIpc) is 3.10. The van der Waals surface area contributed by atoms with E-state index in [0.717, 1.165) is 17.5 Å². The molecule has 1 aliphatic carbocycles. The van der Waals surface area contributed by atoms with Crippen molar-refractivity contribution in [1.82, 2.24) is 20.2 Å². The molecule has 0 radical (unpaired) electrons. The summed E-state index contributed by atoms with van der Waals surface area (Å²) < 4.78 is 47.9. The number of nitrogens with one attached hydrogen (secondary N) is 1.